The number of benzene rings is 9. The molecule has 11 nitrogen and oxygen atoms in total. The molecule has 99 heavy (non-hydrogen) atoms. The Balaban J connectivity index is 0.000000206. The van der Waals surface area contributed by atoms with Gasteiger partial charge in [0.25, 0.3) is 0 Å². The lowest BCUT2D eigenvalue weighted by molar-refractivity contribution is -0.193. The summed E-state index contributed by atoms with van der Waals surface area (Å²) < 4.78 is 4.15. The smallest absolute Gasteiger partial charge is 0.424 e. The zero-order chi connectivity index (χ0) is 71.5. The van der Waals surface area contributed by atoms with Crippen LogP contribution >= 0.6 is 84.7 Å². The molecule has 12 aromatic rings. The van der Waals surface area contributed by atoms with Crippen LogP contribution in [0, 0.1) is 13.8 Å². The van der Waals surface area contributed by atoms with Crippen LogP contribution in [0.4, 0.5) is 0 Å². The van der Waals surface area contributed by atoms with E-state index < -0.39 is 7.12 Å². The number of Topliss-reactive ketones (excluding diaryl/α,β-unsaturated/α-hetero) is 3. The minimum atomic E-state index is -1.34. The van der Waals surface area contributed by atoms with Gasteiger partial charge in [-0.05, 0) is 132 Å². The first kappa shape index (κ1) is 78.8. The summed E-state index contributed by atoms with van der Waals surface area (Å²) in [6.07, 6.45) is 12.7. The molecule has 0 fully saturated rings. The van der Waals surface area contributed by atoms with Crippen molar-refractivity contribution in [3.63, 3.8) is 0 Å². The third-order valence-electron chi connectivity index (χ3n) is 14.9. The van der Waals surface area contributed by atoms with Crippen molar-refractivity contribution in [2.75, 3.05) is 0 Å². The summed E-state index contributed by atoms with van der Waals surface area (Å²) in [5.41, 5.74) is 11.6. The second kappa shape index (κ2) is 42.6. The molecule has 0 bridgehead atoms. The van der Waals surface area contributed by atoms with E-state index in [1.807, 2.05) is 159 Å². The fourth-order valence-corrected chi connectivity index (χ4v) is 14.9. The molecular formula is C80H65BBrCl3O11S3. The number of rotatable bonds is 19. The van der Waals surface area contributed by atoms with Crippen LogP contribution < -0.4 is 0 Å². The van der Waals surface area contributed by atoms with E-state index in [1.165, 1.54) is 56.7 Å². The first-order valence-corrected chi connectivity index (χ1v) is 35.1. The quantitative estimate of drug-likeness (QED) is 0.0578. The van der Waals surface area contributed by atoms with Gasteiger partial charge in [0.2, 0.25) is 0 Å². The third kappa shape index (κ3) is 25.6. The third-order valence-corrected chi connectivity index (χ3v) is 20.5. The second-order valence-corrected chi connectivity index (χ2v) is 27.0. The number of aryl methyl sites for hydroxylation is 4. The highest BCUT2D eigenvalue weighted by Gasteiger charge is 2.21. The largest absolute Gasteiger partial charge is 0.480 e. The fraction of sp³-hybridized carbons (Fsp3) is 0.125. The van der Waals surface area contributed by atoms with Gasteiger partial charge in [0.15, 0.2) is 17.3 Å². The molecule has 0 saturated heterocycles. The van der Waals surface area contributed by atoms with Gasteiger partial charge in [-0.15, -0.1) is 34.0 Å². The predicted octanol–water partition coefficient (Wildman–Crippen LogP) is 19.8. The standard InChI is InChI=1S/C26H21ClOS.C25H21ClOS.C17H12BrClOS.C9H11BO2.3CO2/c1-18-14-15-20(11-7-10-19-8-3-2-4-9-19)16-21(18)17-23(28)26-25(27)22-12-5-6-13-24(22)29-26;26-24-21-14-4-5-15-23(21)28-25(24)22(27)17-20-13-7-12-19(16-20)11-6-10-18-8-2-1-3-9-18;1-10-6-7-12(18)8-11(10)9-14(20)17-16(19)13-4-2-3-5-15(13)21-17;11-10(12)8-4-7-9-5-2-1-3-6-9;3*2-1-3/h2-9,11-16H,10,17H2,1H3;1-5,7-9,12-16H,6,10-11,17H2;2-8H,9H2,1H3;1-6,8,11-12H,7H2;;;/b11-7+;;;8-4+;;;. The molecule has 0 spiro atoms. The van der Waals surface area contributed by atoms with E-state index in [9.17, 15) is 14.4 Å². The Labute approximate surface area is 610 Å². The SMILES string of the molecule is Cc1ccc(/C=C/Cc2ccccc2)cc1CC(=O)c1sc2ccccc2c1Cl.Cc1ccc(Br)cc1CC(=O)c1sc2ccccc2c1Cl.O=C(Cc1cccc(CCCc2ccccc2)c1)c1sc2ccccc2c1Cl.O=C=O.O=C=O.O=C=O.OB(O)/C=C/Cc1ccccc1. The van der Waals surface area contributed by atoms with Crippen molar-refractivity contribution in [1.82, 2.24) is 0 Å². The summed E-state index contributed by atoms with van der Waals surface area (Å²) in [5.74, 6) is 1.59. The minimum Gasteiger partial charge on any atom is -0.424 e. The lowest BCUT2D eigenvalue weighted by atomic mass is 9.91. The summed E-state index contributed by atoms with van der Waals surface area (Å²) in [6.45, 7) is 4.06. The van der Waals surface area contributed by atoms with E-state index >= 15 is 0 Å². The number of halogens is 4. The molecular weight excluding hydrogens is 1430 g/mol. The minimum absolute atomic E-state index is 0.0717. The molecule has 0 atom stereocenters. The van der Waals surface area contributed by atoms with Crippen LogP contribution in [0.2, 0.25) is 15.1 Å². The molecule has 0 aliphatic carbocycles. The monoisotopic (exact) mass is 1490 g/mol. The lowest BCUT2D eigenvalue weighted by Crippen LogP contribution is -2.05. The van der Waals surface area contributed by atoms with Crippen molar-refractivity contribution in [3.05, 3.63) is 332 Å². The number of ketones is 3. The zero-order valence-electron chi connectivity index (χ0n) is 53.7. The number of fused-ring (bicyclic) bond motifs is 3. The van der Waals surface area contributed by atoms with Crippen molar-refractivity contribution < 1.29 is 53.2 Å². The number of thiophene rings is 3. The molecule has 0 saturated carbocycles. The summed E-state index contributed by atoms with van der Waals surface area (Å²) >= 11 is 27.2. The highest BCUT2D eigenvalue weighted by molar-refractivity contribution is 9.10. The van der Waals surface area contributed by atoms with E-state index in [0.717, 1.165) is 106 Å². The van der Waals surface area contributed by atoms with Crippen LogP contribution in [0.1, 0.15) is 91.1 Å². The first-order chi connectivity index (χ1) is 47.9. The van der Waals surface area contributed by atoms with Crippen molar-refractivity contribution in [2.45, 2.75) is 65.2 Å². The highest BCUT2D eigenvalue weighted by atomic mass is 79.9. The molecule has 9 aromatic carbocycles. The van der Waals surface area contributed by atoms with Gasteiger partial charge >= 0.3 is 25.6 Å². The maximum atomic E-state index is 13.0. The molecule has 12 rings (SSSR count). The van der Waals surface area contributed by atoms with E-state index in [-0.39, 0.29) is 35.8 Å². The van der Waals surface area contributed by atoms with Crippen molar-refractivity contribution in [1.29, 1.82) is 0 Å². The molecule has 19 heteroatoms. The molecule has 0 radical (unpaired) electrons. The van der Waals surface area contributed by atoms with Crippen LogP contribution in [0.3, 0.4) is 0 Å². The van der Waals surface area contributed by atoms with Gasteiger partial charge in [0, 0.05) is 54.0 Å². The summed E-state index contributed by atoms with van der Waals surface area (Å²) in [5, 5.41) is 21.6. The van der Waals surface area contributed by atoms with Gasteiger partial charge in [0.1, 0.15) is 0 Å². The highest BCUT2D eigenvalue weighted by Crippen LogP contribution is 2.39. The van der Waals surface area contributed by atoms with Gasteiger partial charge in [0.05, 0.1) is 29.7 Å². The van der Waals surface area contributed by atoms with E-state index in [4.69, 9.17) is 73.6 Å². The maximum Gasteiger partial charge on any atom is 0.480 e. The molecule has 3 aromatic heterocycles. The van der Waals surface area contributed by atoms with Crippen molar-refractivity contribution >= 4 is 164 Å². The Morgan fingerprint density at radius 2 is 0.788 bits per heavy atom. The number of carbonyl (C=O) groups excluding carboxylic acids is 9. The molecule has 500 valence electrons. The van der Waals surface area contributed by atoms with Gasteiger partial charge in [-0.1, -0.05) is 269 Å². The van der Waals surface area contributed by atoms with Gasteiger partial charge in [-0.25, -0.2) is 0 Å². The van der Waals surface area contributed by atoms with Gasteiger partial charge < -0.3 is 10.0 Å². The average molecular weight is 1500 g/mol. The topological polar surface area (TPSA) is 194 Å². The fourth-order valence-electron chi connectivity index (χ4n) is 10.1. The van der Waals surface area contributed by atoms with E-state index in [0.29, 0.717) is 49.0 Å². The van der Waals surface area contributed by atoms with Gasteiger partial charge in [-0.3, -0.25) is 14.4 Å². The van der Waals surface area contributed by atoms with Crippen LogP contribution in [-0.4, -0.2) is 53.0 Å². The Hall–Kier alpha value is -9.18. The number of carbonyl (C=O) groups is 3. The Morgan fingerprint density at radius 3 is 1.23 bits per heavy atom. The van der Waals surface area contributed by atoms with E-state index in [2.05, 4.69) is 107 Å². The lowest BCUT2D eigenvalue weighted by Gasteiger charge is -2.06. The Bertz CT molecular complexity index is 4750. The normalized spacial score (nSPS) is 10.3. The van der Waals surface area contributed by atoms with Crippen LogP contribution in [0.15, 0.2) is 247 Å². The zero-order valence-corrected chi connectivity index (χ0v) is 60.0. The van der Waals surface area contributed by atoms with Crippen molar-refractivity contribution in [2.24, 2.45) is 0 Å². The second-order valence-electron chi connectivity index (χ2n) is 21.8. The Kier molecular flexibility index (Phi) is 33.9. The number of allylic oxidation sites excluding steroid dienone is 2. The average Bonchev–Trinajstić information content (AvgIpc) is 1.69. The molecule has 3 heterocycles. The summed E-state index contributed by atoms with van der Waals surface area (Å²) in [6, 6.07) is 75.1. The van der Waals surface area contributed by atoms with Crippen molar-refractivity contribution in [3.8, 4) is 0 Å². The van der Waals surface area contributed by atoms with Gasteiger partial charge in [-0.2, -0.15) is 28.8 Å². The first-order valence-electron chi connectivity index (χ1n) is 30.7. The summed E-state index contributed by atoms with van der Waals surface area (Å²) in [4.78, 5) is 89.1. The number of hydrogen-bond acceptors (Lipinski definition) is 14. The predicted molar refractivity (Wildman–Crippen MR) is 403 cm³/mol. The maximum absolute atomic E-state index is 13.0. The summed E-state index contributed by atoms with van der Waals surface area (Å²) in [7, 11) is -1.34. The molecule has 0 amide bonds. The molecule has 2 N–H and O–H groups in total. The molecule has 0 unspecified atom stereocenters. The molecule has 0 aliphatic heterocycles. The van der Waals surface area contributed by atoms with Crippen LogP contribution in [-0.2, 0) is 73.7 Å². The molecule has 0 aliphatic rings. The van der Waals surface area contributed by atoms with E-state index in [1.54, 1.807) is 6.08 Å². The van der Waals surface area contributed by atoms with Crippen LogP contribution in [0.5, 0.6) is 0 Å². The number of hydrogen-bond donors (Lipinski definition) is 2. The van der Waals surface area contributed by atoms with Crippen LogP contribution in [0.25, 0.3) is 36.3 Å². The Morgan fingerprint density at radius 1 is 0.424 bits per heavy atom.